The molecule has 1 aliphatic heterocycles. The second kappa shape index (κ2) is 7.79. The summed E-state index contributed by atoms with van der Waals surface area (Å²) in [6.45, 7) is 7.78. The fraction of sp³-hybridized carbons (Fsp3) is 0.350. The third kappa shape index (κ3) is 4.45. The number of carbonyl (C=O) groups is 1. The monoisotopic (exact) mass is 357 g/mol. The number of rotatable bonds is 3. The molecule has 2 aromatic carbocycles. The number of nitrogens with zero attached hydrogens (tertiary/aromatic N) is 2. The number of amides is 2. The van der Waals surface area contributed by atoms with Gasteiger partial charge in [0.05, 0.1) is 0 Å². The molecule has 5 heteroatoms. The number of aryl methyl sites for hydroxylation is 2. The van der Waals surface area contributed by atoms with E-state index in [1.54, 1.807) is 0 Å². The van der Waals surface area contributed by atoms with E-state index in [9.17, 15) is 4.79 Å². The zero-order valence-corrected chi connectivity index (χ0v) is 15.5. The highest BCUT2D eigenvalue weighted by atomic mass is 35.5. The number of halogens is 1. The number of benzene rings is 2. The standard InChI is InChI=1S/C20H24ClN3O/c1-15-3-6-17(7-4-15)14-22-20(25)24-11-9-23(10-12-24)19-13-18(21)8-5-16(19)2/h3-8,13H,9-12,14H2,1-2H3,(H,22,25). The van der Waals surface area contributed by atoms with Crippen LogP contribution in [-0.2, 0) is 6.54 Å². The summed E-state index contributed by atoms with van der Waals surface area (Å²) in [6.07, 6.45) is 0. The third-order valence-corrected chi connectivity index (χ3v) is 4.88. The molecular formula is C20H24ClN3O. The van der Waals surface area contributed by atoms with Crippen LogP contribution in [0.25, 0.3) is 0 Å². The Morgan fingerprint density at radius 3 is 2.40 bits per heavy atom. The van der Waals surface area contributed by atoms with Crippen molar-refractivity contribution in [3.05, 3.63) is 64.2 Å². The number of carbonyl (C=O) groups excluding carboxylic acids is 1. The van der Waals surface area contributed by atoms with Gasteiger partial charge in [0.1, 0.15) is 0 Å². The molecule has 0 aromatic heterocycles. The summed E-state index contributed by atoms with van der Waals surface area (Å²) < 4.78 is 0. The quantitative estimate of drug-likeness (QED) is 0.901. The van der Waals surface area contributed by atoms with Gasteiger partial charge in [-0.15, -0.1) is 0 Å². The normalized spacial score (nSPS) is 14.5. The molecule has 1 aliphatic rings. The molecule has 0 aliphatic carbocycles. The minimum atomic E-state index is 0.00282. The Morgan fingerprint density at radius 2 is 1.72 bits per heavy atom. The molecule has 25 heavy (non-hydrogen) atoms. The van der Waals surface area contributed by atoms with E-state index in [0.29, 0.717) is 19.6 Å². The SMILES string of the molecule is Cc1ccc(CNC(=O)N2CCN(c3cc(Cl)ccc3C)CC2)cc1. The first-order chi connectivity index (χ1) is 12.0. The van der Waals surface area contributed by atoms with Crippen LogP contribution < -0.4 is 10.2 Å². The summed E-state index contributed by atoms with van der Waals surface area (Å²) in [5.74, 6) is 0. The van der Waals surface area contributed by atoms with Crippen LogP contribution in [0.4, 0.5) is 10.5 Å². The average molecular weight is 358 g/mol. The van der Waals surface area contributed by atoms with Crippen molar-refractivity contribution in [1.29, 1.82) is 0 Å². The Kier molecular flexibility index (Phi) is 5.49. The molecule has 0 radical (unpaired) electrons. The lowest BCUT2D eigenvalue weighted by Crippen LogP contribution is -2.51. The molecule has 0 atom stereocenters. The second-order valence-corrected chi connectivity index (χ2v) is 6.99. The van der Waals surface area contributed by atoms with Gasteiger partial charge in [-0.05, 0) is 37.1 Å². The number of anilines is 1. The first-order valence-electron chi connectivity index (χ1n) is 8.62. The summed E-state index contributed by atoms with van der Waals surface area (Å²) in [7, 11) is 0. The summed E-state index contributed by atoms with van der Waals surface area (Å²) in [6, 6.07) is 14.2. The van der Waals surface area contributed by atoms with E-state index in [4.69, 9.17) is 11.6 Å². The Hall–Kier alpha value is -2.20. The van der Waals surface area contributed by atoms with Gasteiger partial charge in [-0.2, -0.15) is 0 Å². The van der Waals surface area contributed by atoms with Crippen molar-refractivity contribution >= 4 is 23.3 Å². The minimum absolute atomic E-state index is 0.00282. The van der Waals surface area contributed by atoms with Crippen molar-refractivity contribution in [2.24, 2.45) is 0 Å². The van der Waals surface area contributed by atoms with Crippen LogP contribution in [-0.4, -0.2) is 37.1 Å². The Morgan fingerprint density at radius 1 is 1.04 bits per heavy atom. The maximum absolute atomic E-state index is 12.4. The predicted molar refractivity (Wildman–Crippen MR) is 103 cm³/mol. The Bertz CT molecular complexity index is 737. The highest BCUT2D eigenvalue weighted by Crippen LogP contribution is 2.25. The summed E-state index contributed by atoms with van der Waals surface area (Å²) >= 11 is 6.12. The van der Waals surface area contributed by atoms with Gasteiger partial charge in [0, 0.05) is 43.4 Å². The van der Waals surface area contributed by atoms with Crippen LogP contribution in [0.3, 0.4) is 0 Å². The molecule has 1 heterocycles. The maximum Gasteiger partial charge on any atom is 0.317 e. The molecule has 0 bridgehead atoms. The van der Waals surface area contributed by atoms with Gasteiger partial charge >= 0.3 is 6.03 Å². The maximum atomic E-state index is 12.4. The molecule has 132 valence electrons. The van der Waals surface area contributed by atoms with Gasteiger partial charge in [-0.3, -0.25) is 0 Å². The molecule has 4 nitrogen and oxygen atoms in total. The molecule has 1 fully saturated rings. The predicted octanol–water partition coefficient (Wildman–Crippen LogP) is 3.99. The van der Waals surface area contributed by atoms with E-state index < -0.39 is 0 Å². The molecule has 2 amide bonds. The number of nitrogens with one attached hydrogen (secondary N) is 1. The first-order valence-corrected chi connectivity index (χ1v) is 9.00. The van der Waals surface area contributed by atoms with Crippen molar-refractivity contribution in [1.82, 2.24) is 10.2 Å². The lowest BCUT2D eigenvalue weighted by atomic mass is 10.1. The van der Waals surface area contributed by atoms with E-state index >= 15 is 0 Å². The van der Waals surface area contributed by atoms with Crippen molar-refractivity contribution in [3.8, 4) is 0 Å². The van der Waals surface area contributed by atoms with Crippen molar-refractivity contribution in [3.63, 3.8) is 0 Å². The minimum Gasteiger partial charge on any atom is -0.368 e. The van der Waals surface area contributed by atoms with E-state index in [1.165, 1.54) is 11.1 Å². The Balaban J connectivity index is 1.52. The summed E-state index contributed by atoms with van der Waals surface area (Å²) in [5, 5.41) is 3.76. The third-order valence-electron chi connectivity index (χ3n) is 4.64. The highest BCUT2D eigenvalue weighted by molar-refractivity contribution is 6.30. The summed E-state index contributed by atoms with van der Waals surface area (Å²) in [4.78, 5) is 16.6. The molecular weight excluding hydrogens is 334 g/mol. The van der Waals surface area contributed by atoms with E-state index in [-0.39, 0.29) is 6.03 Å². The van der Waals surface area contributed by atoms with Gasteiger partial charge in [0.15, 0.2) is 0 Å². The molecule has 0 unspecified atom stereocenters. The van der Waals surface area contributed by atoms with Crippen molar-refractivity contribution < 1.29 is 4.79 Å². The van der Waals surface area contributed by atoms with Crippen molar-refractivity contribution in [2.45, 2.75) is 20.4 Å². The first kappa shape index (κ1) is 17.6. The van der Waals surface area contributed by atoms with E-state index in [2.05, 4.69) is 48.3 Å². The van der Waals surface area contributed by atoms with Crippen molar-refractivity contribution in [2.75, 3.05) is 31.1 Å². The van der Waals surface area contributed by atoms with Gasteiger partial charge in [-0.1, -0.05) is 47.5 Å². The lowest BCUT2D eigenvalue weighted by molar-refractivity contribution is 0.194. The van der Waals surface area contributed by atoms with Gasteiger partial charge in [-0.25, -0.2) is 4.79 Å². The molecule has 3 rings (SSSR count). The molecule has 0 saturated carbocycles. The van der Waals surface area contributed by atoms with Crippen LogP contribution in [0.1, 0.15) is 16.7 Å². The number of hydrogen-bond acceptors (Lipinski definition) is 2. The number of piperazine rings is 1. The second-order valence-electron chi connectivity index (χ2n) is 6.55. The zero-order chi connectivity index (χ0) is 17.8. The molecule has 2 aromatic rings. The van der Waals surface area contributed by atoms with E-state index in [1.807, 2.05) is 23.1 Å². The van der Waals surface area contributed by atoms with Crippen LogP contribution in [0.15, 0.2) is 42.5 Å². The fourth-order valence-electron chi connectivity index (χ4n) is 3.07. The van der Waals surface area contributed by atoms with Gasteiger partial charge in [0.25, 0.3) is 0 Å². The van der Waals surface area contributed by atoms with E-state index in [0.717, 1.165) is 29.4 Å². The average Bonchev–Trinajstić information content (AvgIpc) is 2.63. The number of urea groups is 1. The fourth-order valence-corrected chi connectivity index (χ4v) is 3.24. The van der Waals surface area contributed by atoms with Gasteiger partial charge < -0.3 is 15.1 Å². The largest absolute Gasteiger partial charge is 0.368 e. The molecule has 1 saturated heterocycles. The van der Waals surface area contributed by atoms with Gasteiger partial charge in [0.2, 0.25) is 0 Å². The van der Waals surface area contributed by atoms with Crippen LogP contribution in [0.5, 0.6) is 0 Å². The van der Waals surface area contributed by atoms with Crippen LogP contribution in [0, 0.1) is 13.8 Å². The molecule has 0 spiro atoms. The number of hydrogen-bond donors (Lipinski definition) is 1. The Labute approximate surface area is 154 Å². The topological polar surface area (TPSA) is 35.6 Å². The van der Waals surface area contributed by atoms with Crippen LogP contribution >= 0.6 is 11.6 Å². The smallest absolute Gasteiger partial charge is 0.317 e. The summed E-state index contributed by atoms with van der Waals surface area (Å²) in [5.41, 5.74) is 4.71. The molecule has 1 N–H and O–H groups in total. The van der Waals surface area contributed by atoms with Crippen LogP contribution in [0.2, 0.25) is 5.02 Å². The zero-order valence-electron chi connectivity index (χ0n) is 14.8. The lowest BCUT2D eigenvalue weighted by Gasteiger charge is -2.36. The highest BCUT2D eigenvalue weighted by Gasteiger charge is 2.22.